The van der Waals surface area contributed by atoms with Crippen LogP contribution in [0.1, 0.15) is 13.8 Å². The maximum atomic E-state index is 12.0. The number of likely N-dealkylation sites (N-methyl/N-ethyl adjacent to an activating group) is 1. The lowest BCUT2D eigenvalue weighted by atomic mass is 10.2. The molecule has 0 radical (unpaired) electrons. The number of piperazine rings is 1. The molecule has 1 aliphatic heterocycles. The van der Waals surface area contributed by atoms with Crippen LogP contribution in [0.25, 0.3) is 0 Å². The Labute approximate surface area is 77.1 Å². The van der Waals surface area contributed by atoms with Gasteiger partial charge in [0.25, 0.3) is 0 Å². The van der Waals surface area contributed by atoms with Crippen LogP contribution in [0.15, 0.2) is 0 Å². The van der Waals surface area contributed by atoms with Crippen LogP contribution in [0.5, 0.6) is 0 Å². The molecule has 1 saturated heterocycles. The van der Waals surface area contributed by atoms with Crippen LogP contribution in [0.3, 0.4) is 0 Å². The van der Waals surface area contributed by atoms with Gasteiger partial charge in [-0.1, -0.05) is 13.8 Å². The van der Waals surface area contributed by atoms with E-state index < -0.39 is 12.2 Å². The maximum absolute atomic E-state index is 12.0. The smallest absolute Gasteiger partial charge is 0.304 e. The van der Waals surface area contributed by atoms with E-state index in [4.69, 9.17) is 0 Å². The molecule has 1 atom stereocenters. The zero-order valence-electron chi connectivity index (χ0n) is 8.28. The van der Waals surface area contributed by atoms with Crippen LogP contribution in [0.2, 0.25) is 0 Å². The summed E-state index contributed by atoms with van der Waals surface area (Å²) in [5, 5.41) is 2.42. The molecule has 0 aromatic carbocycles. The molecule has 1 aliphatic rings. The number of hydrogen-bond donors (Lipinski definition) is 1. The number of nitrogens with one attached hydrogen (secondary N) is 1. The summed E-state index contributed by atoms with van der Waals surface area (Å²) >= 11 is 0. The fourth-order valence-corrected chi connectivity index (χ4v) is 1.12. The molecule has 1 unspecified atom stereocenters. The Morgan fingerprint density at radius 1 is 1.31 bits per heavy atom. The van der Waals surface area contributed by atoms with E-state index in [1.165, 1.54) is 0 Å². The van der Waals surface area contributed by atoms with Gasteiger partial charge in [0.1, 0.15) is 6.04 Å². The van der Waals surface area contributed by atoms with E-state index in [1.807, 2.05) is 13.8 Å². The molecule has 5 heteroatoms. The quantitative estimate of drug-likeness (QED) is 0.634. The van der Waals surface area contributed by atoms with E-state index in [-0.39, 0.29) is 6.54 Å². The second-order valence-corrected chi connectivity index (χ2v) is 2.81. The summed E-state index contributed by atoms with van der Waals surface area (Å²) in [6, 6.07) is -1.35. The highest BCUT2D eigenvalue weighted by atomic mass is 19.4. The summed E-state index contributed by atoms with van der Waals surface area (Å²) < 4.78 is 36.1. The van der Waals surface area contributed by atoms with E-state index in [9.17, 15) is 13.2 Å². The zero-order chi connectivity index (χ0) is 10.5. The first-order valence-corrected chi connectivity index (χ1v) is 4.49. The van der Waals surface area contributed by atoms with Crippen LogP contribution >= 0.6 is 0 Å². The minimum atomic E-state index is -4.10. The van der Waals surface area contributed by atoms with Gasteiger partial charge in [-0.25, -0.2) is 0 Å². The van der Waals surface area contributed by atoms with Crippen molar-refractivity contribution in [1.82, 2.24) is 10.2 Å². The lowest BCUT2D eigenvalue weighted by molar-refractivity contribution is -0.163. The minimum absolute atomic E-state index is 0.0590. The summed E-state index contributed by atoms with van der Waals surface area (Å²) in [7, 11) is 1.69. The van der Waals surface area contributed by atoms with Gasteiger partial charge in [-0.05, 0) is 7.05 Å². The van der Waals surface area contributed by atoms with Crippen LogP contribution < -0.4 is 5.32 Å². The maximum Gasteiger partial charge on any atom is 0.405 e. The van der Waals surface area contributed by atoms with Crippen molar-refractivity contribution in [3.63, 3.8) is 0 Å². The van der Waals surface area contributed by atoms with Crippen molar-refractivity contribution in [2.75, 3.05) is 26.7 Å². The van der Waals surface area contributed by atoms with Crippen molar-refractivity contribution in [3.8, 4) is 0 Å². The molecule has 1 fully saturated rings. The average molecular weight is 198 g/mol. The number of nitrogens with zero attached hydrogens (tertiary/aromatic N) is 1. The fraction of sp³-hybridized carbons (Fsp3) is 1.00. The van der Waals surface area contributed by atoms with Gasteiger partial charge >= 0.3 is 6.18 Å². The van der Waals surface area contributed by atoms with Crippen molar-refractivity contribution < 1.29 is 13.2 Å². The summed E-state index contributed by atoms with van der Waals surface area (Å²) in [6.45, 7) is 5.16. The zero-order valence-corrected chi connectivity index (χ0v) is 8.28. The molecule has 0 bridgehead atoms. The molecular formula is C8H17F3N2. The molecule has 1 N–H and O–H groups in total. The number of hydrogen-bond acceptors (Lipinski definition) is 2. The highest BCUT2D eigenvalue weighted by Crippen LogP contribution is 2.21. The third kappa shape index (κ3) is 4.47. The second-order valence-electron chi connectivity index (χ2n) is 2.81. The van der Waals surface area contributed by atoms with Crippen molar-refractivity contribution in [3.05, 3.63) is 0 Å². The molecule has 2 nitrogen and oxygen atoms in total. The monoisotopic (exact) mass is 198 g/mol. The third-order valence-electron chi connectivity index (χ3n) is 1.77. The van der Waals surface area contributed by atoms with Gasteiger partial charge in [0, 0.05) is 19.6 Å². The van der Waals surface area contributed by atoms with Gasteiger partial charge in [-0.3, -0.25) is 0 Å². The van der Waals surface area contributed by atoms with Crippen molar-refractivity contribution >= 4 is 0 Å². The summed E-state index contributed by atoms with van der Waals surface area (Å²) in [4.78, 5) is 1.68. The van der Waals surface area contributed by atoms with Gasteiger partial charge in [0.2, 0.25) is 0 Å². The number of rotatable bonds is 0. The first-order chi connectivity index (χ1) is 6.00. The Morgan fingerprint density at radius 3 is 2.15 bits per heavy atom. The Morgan fingerprint density at radius 2 is 1.85 bits per heavy atom. The van der Waals surface area contributed by atoms with Gasteiger partial charge in [0.15, 0.2) is 0 Å². The number of alkyl halides is 3. The van der Waals surface area contributed by atoms with Crippen LogP contribution in [-0.2, 0) is 0 Å². The van der Waals surface area contributed by atoms with Crippen LogP contribution in [0.4, 0.5) is 13.2 Å². The molecular weight excluding hydrogens is 181 g/mol. The Kier molecular flexibility index (Phi) is 5.32. The van der Waals surface area contributed by atoms with Crippen molar-refractivity contribution in [2.45, 2.75) is 26.1 Å². The molecule has 1 rings (SSSR count). The predicted molar refractivity (Wildman–Crippen MR) is 46.7 cm³/mol. The summed E-state index contributed by atoms with van der Waals surface area (Å²) in [6.07, 6.45) is -4.10. The topological polar surface area (TPSA) is 15.3 Å². The van der Waals surface area contributed by atoms with Crippen LogP contribution in [0, 0.1) is 0 Å². The Balaban J connectivity index is 0.000000671. The van der Waals surface area contributed by atoms with Gasteiger partial charge in [0.05, 0.1) is 0 Å². The average Bonchev–Trinajstić information content (AvgIpc) is 2.06. The second kappa shape index (κ2) is 5.44. The summed E-state index contributed by atoms with van der Waals surface area (Å²) in [5.74, 6) is 0. The molecule has 0 spiro atoms. The third-order valence-corrected chi connectivity index (χ3v) is 1.77. The van der Waals surface area contributed by atoms with E-state index in [1.54, 1.807) is 11.9 Å². The van der Waals surface area contributed by atoms with E-state index in [2.05, 4.69) is 5.32 Å². The van der Waals surface area contributed by atoms with Crippen molar-refractivity contribution in [2.24, 2.45) is 0 Å². The molecule has 0 amide bonds. The van der Waals surface area contributed by atoms with E-state index in [0.29, 0.717) is 13.1 Å². The van der Waals surface area contributed by atoms with E-state index >= 15 is 0 Å². The SMILES string of the molecule is CC.CN1CCNC(C(F)(F)F)C1. The highest BCUT2D eigenvalue weighted by Gasteiger charge is 2.41. The Bertz CT molecular complexity index is 136. The molecule has 1 heterocycles. The molecule has 80 valence electrons. The molecule has 0 aromatic rings. The molecule has 0 aromatic heterocycles. The van der Waals surface area contributed by atoms with Gasteiger partial charge in [-0.2, -0.15) is 13.2 Å². The van der Waals surface area contributed by atoms with Gasteiger partial charge < -0.3 is 10.2 Å². The minimum Gasteiger partial charge on any atom is -0.304 e. The van der Waals surface area contributed by atoms with Crippen molar-refractivity contribution in [1.29, 1.82) is 0 Å². The van der Waals surface area contributed by atoms with E-state index in [0.717, 1.165) is 0 Å². The van der Waals surface area contributed by atoms with Gasteiger partial charge in [-0.15, -0.1) is 0 Å². The first kappa shape index (κ1) is 12.7. The lowest BCUT2D eigenvalue weighted by Crippen LogP contribution is -2.55. The molecule has 0 saturated carbocycles. The normalized spacial score (nSPS) is 24.9. The standard InChI is InChI=1S/C6H11F3N2.C2H6/c1-11-3-2-10-5(4-11)6(7,8)9;1-2/h5,10H,2-4H2,1H3;1-2H3. The fourth-order valence-electron chi connectivity index (χ4n) is 1.12. The molecule has 13 heavy (non-hydrogen) atoms. The highest BCUT2D eigenvalue weighted by molar-refractivity contribution is 4.82. The largest absolute Gasteiger partial charge is 0.405 e. The lowest BCUT2D eigenvalue weighted by Gasteiger charge is -2.31. The Hall–Kier alpha value is -0.290. The van der Waals surface area contributed by atoms with Crippen LogP contribution in [-0.4, -0.2) is 43.8 Å². The number of halogens is 3. The molecule has 0 aliphatic carbocycles. The first-order valence-electron chi connectivity index (χ1n) is 4.49. The predicted octanol–water partition coefficient (Wildman–Crippen LogP) is 1.48. The summed E-state index contributed by atoms with van der Waals surface area (Å²) in [5.41, 5.74) is 0.